The van der Waals surface area contributed by atoms with Gasteiger partial charge in [-0.25, -0.2) is 4.68 Å². The van der Waals surface area contributed by atoms with Gasteiger partial charge in [-0.05, 0) is 30.7 Å². The van der Waals surface area contributed by atoms with Crippen molar-refractivity contribution in [2.45, 2.75) is 116 Å². The van der Waals surface area contributed by atoms with Crippen molar-refractivity contribution in [3.63, 3.8) is 0 Å². The topological polar surface area (TPSA) is 56.2 Å². The lowest BCUT2D eigenvalue weighted by atomic mass is 10.0. The van der Waals surface area contributed by atoms with Gasteiger partial charge >= 0.3 is 0 Å². The van der Waals surface area contributed by atoms with Crippen LogP contribution in [0.15, 0.2) is 36.5 Å². The molecule has 5 nitrogen and oxygen atoms in total. The van der Waals surface area contributed by atoms with E-state index in [4.69, 9.17) is 16.3 Å². The maximum Gasteiger partial charge on any atom is 0.271 e. The fraction of sp³-hybridized carbons (Fsp3) is 0.655. The smallest absolute Gasteiger partial charge is 0.271 e. The van der Waals surface area contributed by atoms with Crippen molar-refractivity contribution < 1.29 is 9.53 Å². The van der Waals surface area contributed by atoms with Gasteiger partial charge in [0.1, 0.15) is 11.4 Å². The van der Waals surface area contributed by atoms with Gasteiger partial charge in [0.2, 0.25) is 0 Å². The highest BCUT2D eigenvalue weighted by atomic mass is 35.5. The predicted molar refractivity (Wildman–Crippen MR) is 146 cm³/mol. The van der Waals surface area contributed by atoms with E-state index >= 15 is 0 Å². The second kappa shape index (κ2) is 19.2. The van der Waals surface area contributed by atoms with E-state index in [-0.39, 0.29) is 12.6 Å². The molecule has 0 atom stereocenters. The second-order valence-corrected chi connectivity index (χ2v) is 9.97. The van der Waals surface area contributed by atoms with Crippen LogP contribution in [-0.4, -0.2) is 22.2 Å². The van der Waals surface area contributed by atoms with Gasteiger partial charge in [-0.2, -0.15) is 5.10 Å². The van der Waals surface area contributed by atoms with E-state index < -0.39 is 0 Å². The minimum Gasteiger partial charge on any atom is -0.471 e. The Labute approximate surface area is 218 Å². The van der Waals surface area contributed by atoms with Crippen molar-refractivity contribution in [1.29, 1.82) is 0 Å². The van der Waals surface area contributed by atoms with Crippen LogP contribution in [-0.2, 0) is 6.73 Å². The first-order valence-electron chi connectivity index (χ1n) is 13.9. The number of benzene rings is 1. The number of amides is 1. The summed E-state index contributed by atoms with van der Waals surface area (Å²) < 4.78 is 7.25. The van der Waals surface area contributed by atoms with Gasteiger partial charge in [0, 0.05) is 17.8 Å². The van der Waals surface area contributed by atoms with Gasteiger partial charge in [-0.1, -0.05) is 121 Å². The highest BCUT2D eigenvalue weighted by Crippen LogP contribution is 2.17. The van der Waals surface area contributed by atoms with E-state index in [0.29, 0.717) is 23.0 Å². The molecule has 1 amide bonds. The molecule has 0 bridgehead atoms. The largest absolute Gasteiger partial charge is 0.471 e. The Balaban J connectivity index is 1.39. The maximum absolute atomic E-state index is 12.3. The molecule has 0 aliphatic heterocycles. The average Bonchev–Trinajstić information content (AvgIpc) is 3.34. The van der Waals surface area contributed by atoms with Crippen LogP contribution < -0.4 is 10.1 Å². The average molecular weight is 504 g/mol. The third-order valence-corrected chi connectivity index (χ3v) is 6.58. The van der Waals surface area contributed by atoms with Crippen LogP contribution in [0, 0.1) is 0 Å². The summed E-state index contributed by atoms with van der Waals surface area (Å²) in [7, 11) is 0. The number of carbonyl (C=O) groups is 1. The van der Waals surface area contributed by atoms with Crippen molar-refractivity contribution in [1.82, 2.24) is 15.1 Å². The van der Waals surface area contributed by atoms with Crippen LogP contribution in [0.1, 0.15) is 120 Å². The molecule has 1 N–H and O–H groups in total. The molecule has 0 aliphatic rings. The summed E-state index contributed by atoms with van der Waals surface area (Å²) in [6, 6.07) is 8.92. The van der Waals surface area contributed by atoms with E-state index in [1.54, 1.807) is 29.1 Å². The SMILES string of the molecule is CCCCCCCCCCCCCCCCCCNC(=O)c1ccn(COc2cccc(Cl)c2)n1. The Bertz CT molecular complexity index is 809. The van der Waals surface area contributed by atoms with E-state index in [9.17, 15) is 4.79 Å². The molecule has 6 heteroatoms. The lowest BCUT2D eigenvalue weighted by Gasteiger charge is -2.06. The number of nitrogens with zero attached hydrogens (tertiary/aromatic N) is 2. The molecule has 0 saturated carbocycles. The molecule has 1 aromatic heterocycles. The Morgan fingerprint density at radius 3 is 2.00 bits per heavy atom. The van der Waals surface area contributed by atoms with Gasteiger partial charge < -0.3 is 10.1 Å². The van der Waals surface area contributed by atoms with Gasteiger partial charge in [-0.3, -0.25) is 4.79 Å². The minimum absolute atomic E-state index is 0.132. The molecule has 35 heavy (non-hydrogen) atoms. The van der Waals surface area contributed by atoms with E-state index in [0.717, 1.165) is 6.42 Å². The molecule has 1 heterocycles. The third-order valence-electron chi connectivity index (χ3n) is 6.35. The zero-order chi connectivity index (χ0) is 25.0. The highest BCUT2D eigenvalue weighted by molar-refractivity contribution is 6.30. The number of carbonyl (C=O) groups excluding carboxylic acids is 1. The number of nitrogens with one attached hydrogen (secondary N) is 1. The lowest BCUT2D eigenvalue weighted by Crippen LogP contribution is -2.25. The third kappa shape index (κ3) is 14.2. The summed E-state index contributed by atoms with van der Waals surface area (Å²) in [5.74, 6) is 0.537. The van der Waals surface area contributed by atoms with Gasteiger partial charge in [0.25, 0.3) is 5.91 Å². The Kier molecular flexibility index (Phi) is 16.0. The number of hydrogen-bond acceptors (Lipinski definition) is 3. The zero-order valence-corrected chi connectivity index (χ0v) is 22.5. The van der Waals surface area contributed by atoms with Crippen LogP contribution in [0.4, 0.5) is 0 Å². The molecule has 2 rings (SSSR count). The number of rotatable bonds is 21. The highest BCUT2D eigenvalue weighted by Gasteiger charge is 2.09. The van der Waals surface area contributed by atoms with E-state index in [2.05, 4.69) is 17.3 Å². The number of hydrogen-bond donors (Lipinski definition) is 1. The van der Waals surface area contributed by atoms with Gasteiger partial charge in [0.15, 0.2) is 6.73 Å². The summed E-state index contributed by atoms with van der Waals surface area (Å²) in [6.45, 7) is 3.21. The normalized spacial score (nSPS) is 11.0. The van der Waals surface area contributed by atoms with Crippen molar-refractivity contribution in [3.05, 3.63) is 47.2 Å². The predicted octanol–water partition coefficient (Wildman–Crippen LogP) is 8.56. The molecule has 0 aliphatic carbocycles. The van der Waals surface area contributed by atoms with Crippen LogP contribution in [0.25, 0.3) is 0 Å². The standard InChI is InChI=1S/C29H46ClN3O2/c1-2-3-4-5-6-7-8-9-10-11-12-13-14-15-16-17-22-31-29(34)28-21-23-33(32-28)25-35-27-20-18-19-26(30)24-27/h18-21,23-24H,2-17,22,25H2,1H3,(H,31,34). The fourth-order valence-corrected chi connectivity index (χ4v) is 4.40. The summed E-state index contributed by atoms with van der Waals surface area (Å²) >= 11 is 5.96. The molecule has 2 aromatic rings. The van der Waals surface area contributed by atoms with Crippen molar-refractivity contribution in [3.8, 4) is 5.75 Å². The van der Waals surface area contributed by atoms with E-state index in [1.165, 1.54) is 96.3 Å². The molecule has 0 saturated heterocycles. The van der Waals surface area contributed by atoms with Crippen LogP contribution in [0.3, 0.4) is 0 Å². The maximum atomic E-state index is 12.3. The number of ether oxygens (including phenoxy) is 1. The first-order chi connectivity index (χ1) is 17.2. The summed E-state index contributed by atoms with van der Waals surface area (Å²) in [4.78, 5) is 12.3. The molecule has 0 radical (unpaired) electrons. The Morgan fingerprint density at radius 2 is 1.43 bits per heavy atom. The quantitative estimate of drug-likeness (QED) is 0.173. The molecular formula is C29H46ClN3O2. The van der Waals surface area contributed by atoms with Crippen molar-refractivity contribution >= 4 is 17.5 Å². The van der Waals surface area contributed by atoms with Crippen LogP contribution in [0.2, 0.25) is 5.02 Å². The fourth-order valence-electron chi connectivity index (χ4n) is 4.22. The van der Waals surface area contributed by atoms with Crippen molar-refractivity contribution in [2.75, 3.05) is 6.54 Å². The molecule has 0 spiro atoms. The molecule has 1 aromatic carbocycles. The second-order valence-electron chi connectivity index (χ2n) is 9.53. The van der Waals surface area contributed by atoms with Gasteiger partial charge in [0.05, 0.1) is 0 Å². The Morgan fingerprint density at radius 1 is 0.857 bits per heavy atom. The zero-order valence-electron chi connectivity index (χ0n) is 21.8. The molecule has 0 unspecified atom stereocenters. The number of unbranched alkanes of at least 4 members (excludes halogenated alkanes) is 15. The van der Waals surface area contributed by atoms with Crippen LogP contribution in [0.5, 0.6) is 5.75 Å². The molecule has 0 fully saturated rings. The first-order valence-corrected chi connectivity index (χ1v) is 14.3. The first kappa shape index (κ1) is 29.2. The van der Waals surface area contributed by atoms with Crippen LogP contribution >= 0.6 is 11.6 Å². The summed E-state index contributed by atoms with van der Waals surface area (Å²) in [5, 5.41) is 7.88. The molecular weight excluding hydrogens is 458 g/mol. The lowest BCUT2D eigenvalue weighted by molar-refractivity contribution is 0.0946. The number of aromatic nitrogens is 2. The van der Waals surface area contributed by atoms with Gasteiger partial charge in [-0.15, -0.1) is 0 Å². The minimum atomic E-state index is -0.132. The molecule has 196 valence electrons. The Hall–Kier alpha value is -2.01. The summed E-state index contributed by atoms with van der Waals surface area (Å²) in [5.41, 5.74) is 0.413. The summed E-state index contributed by atoms with van der Waals surface area (Å²) in [6.07, 6.45) is 23.3. The number of halogens is 1. The van der Waals surface area contributed by atoms with E-state index in [1.807, 2.05) is 12.1 Å². The monoisotopic (exact) mass is 503 g/mol. The van der Waals surface area contributed by atoms with Crippen molar-refractivity contribution in [2.24, 2.45) is 0 Å².